The average molecular weight is 269 g/mol. The van der Waals surface area contributed by atoms with E-state index in [4.69, 9.17) is 22.1 Å². The number of carbonyl (C=O) groups is 1. The number of hydrogen-bond acceptors (Lipinski definition) is 3. The second-order valence-corrected chi connectivity index (χ2v) is 5.02. The average Bonchev–Trinajstić information content (AvgIpc) is 2.74. The maximum Gasteiger partial charge on any atom is 0.260 e. The van der Waals surface area contributed by atoms with Crippen LogP contribution in [0.1, 0.15) is 12.0 Å². The first-order valence-electron chi connectivity index (χ1n) is 5.98. The van der Waals surface area contributed by atoms with Crippen molar-refractivity contribution in [3.63, 3.8) is 0 Å². The maximum atomic E-state index is 11.9. The number of hydrogen-bond donors (Lipinski definition) is 1. The van der Waals surface area contributed by atoms with E-state index in [0.717, 1.165) is 18.5 Å². The third-order valence-electron chi connectivity index (χ3n) is 3.07. The van der Waals surface area contributed by atoms with Crippen LogP contribution < -0.4 is 10.5 Å². The highest BCUT2D eigenvalue weighted by Crippen LogP contribution is 2.21. The number of aryl methyl sites for hydroxylation is 1. The predicted molar refractivity (Wildman–Crippen MR) is 70.9 cm³/mol. The Hall–Kier alpha value is -1.26. The lowest BCUT2D eigenvalue weighted by atomic mass is 10.2. The van der Waals surface area contributed by atoms with Crippen molar-refractivity contribution in [1.29, 1.82) is 0 Å². The first-order valence-corrected chi connectivity index (χ1v) is 6.36. The molecular weight excluding hydrogens is 252 g/mol. The molecule has 1 saturated heterocycles. The van der Waals surface area contributed by atoms with Gasteiger partial charge in [0.05, 0.1) is 0 Å². The molecule has 0 spiro atoms. The summed E-state index contributed by atoms with van der Waals surface area (Å²) >= 11 is 5.85. The Balaban J connectivity index is 1.89. The van der Waals surface area contributed by atoms with Gasteiger partial charge in [0.1, 0.15) is 5.75 Å². The van der Waals surface area contributed by atoms with Gasteiger partial charge in [-0.3, -0.25) is 4.79 Å². The van der Waals surface area contributed by atoms with Gasteiger partial charge < -0.3 is 15.4 Å². The molecule has 1 aliphatic heterocycles. The molecule has 1 amide bonds. The number of rotatable bonds is 3. The molecule has 1 atom stereocenters. The Morgan fingerprint density at radius 3 is 3.00 bits per heavy atom. The summed E-state index contributed by atoms with van der Waals surface area (Å²) in [5.41, 5.74) is 6.69. The molecule has 0 aliphatic carbocycles. The highest BCUT2D eigenvalue weighted by Gasteiger charge is 2.23. The van der Waals surface area contributed by atoms with Gasteiger partial charge in [-0.2, -0.15) is 0 Å². The quantitative estimate of drug-likeness (QED) is 0.906. The summed E-state index contributed by atoms with van der Waals surface area (Å²) in [6.45, 7) is 3.30. The van der Waals surface area contributed by atoms with Crippen LogP contribution in [0.15, 0.2) is 18.2 Å². The number of amides is 1. The number of nitrogens with zero attached hydrogens (tertiary/aromatic N) is 1. The summed E-state index contributed by atoms with van der Waals surface area (Å²) < 4.78 is 5.51. The molecule has 0 radical (unpaired) electrons. The zero-order chi connectivity index (χ0) is 13.1. The van der Waals surface area contributed by atoms with E-state index in [0.29, 0.717) is 17.3 Å². The number of likely N-dealkylation sites (tertiary alicyclic amines) is 1. The molecule has 1 aliphatic rings. The van der Waals surface area contributed by atoms with Crippen molar-refractivity contribution in [3.05, 3.63) is 28.8 Å². The third-order valence-corrected chi connectivity index (χ3v) is 3.30. The van der Waals surface area contributed by atoms with Gasteiger partial charge in [-0.25, -0.2) is 0 Å². The number of halogens is 1. The molecule has 1 aromatic rings. The standard InChI is InChI=1S/C13H17ClN2O2/c1-9-6-10(14)2-3-12(9)18-8-13(17)16-5-4-11(15)7-16/h2-3,6,11H,4-5,7-8,15H2,1H3. The van der Waals surface area contributed by atoms with Crippen molar-refractivity contribution in [2.24, 2.45) is 5.73 Å². The highest BCUT2D eigenvalue weighted by atomic mass is 35.5. The van der Waals surface area contributed by atoms with E-state index in [1.165, 1.54) is 0 Å². The topological polar surface area (TPSA) is 55.6 Å². The lowest BCUT2D eigenvalue weighted by Crippen LogP contribution is -2.35. The molecule has 0 bridgehead atoms. The van der Waals surface area contributed by atoms with Crippen LogP contribution in [0.2, 0.25) is 5.02 Å². The van der Waals surface area contributed by atoms with Crippen LogP contribution in [0.25, 0.3) is 0 Å². The summed E-state index contributed by atoms with van der Waals surface area (Å²) in [5.74, 6) is 0.675. The Morgan fingerprint density at radius 2 is 2.39 bits per heavy atom. The van der Waals surface area contributed by atoms with Crippen molar-refractivity contribution in [1.82, 2.24) is 4.90 Å². The summed E-state index contributed by atoms with van der Waals surface area (Å²) in [7, 11) is 0. The monoisotopic (exact) mass is 268 g/mol. The second-order valence-electron chi connectivity index (χ2n) is 4.59. The molecule has 2 rings (SSSR count). The van der Waals surface area contributed by atoms with Gasteiger partial charge in [0.15, 0.2) is 6.61 Å². The van der Waals surface area contributed by atoms with Crippen molar-refractivity contribution in [2.75, 3.05) is 19.7 Å². The fourth-order valence-electron chi connectivity index (χ4n) is 2.02. The summed E-state index contributed by atoms with van der Waals surface area (Å²) in [6, 6.07) is 5.44. The van der Waals surface area contributed by atoms with E-state index >= 15 is 0 Å². The normalized spacial score (nSPS) is 19.1. The fourth-order valence-corrected chi connectivity index (χ4v) is 2.25. The zero-order valence-electron chi connectivity index (χ0n) is 10.4. The molecular formula is C13H17ClN2O2. The molecule has 1 heterocycles. The lowest BCUT2D eigenvalue weighted by molar-refractivity contribution is -0.132. The first kappa shape index (κ1) is 13.2. The number of ether oxygens (including phenoxy) is 1. The molecule has 18 heavy (non-hydrogen) atoms. The molecule has 1 aromatic carbocycles. The molecule has 5 heteroatoms. The van der Waals surface area contributed by atoms with E-state index < -0.39 is 0 Å². The van der Waals surface area contributed by atoms with E-state index in [2.05, 4.69) is 0 Å². The molecule has 1 unspecified atom stereocenters. The molecule has 0 saturated carbocycles. The van der Waals surface area contributed by atoms with Gasteiger partial charge in [0.25, 0.3) is 5.91 Å². The van der Waals surface area contributed by atoms with Crippen LogP contribution in [0.5, 0.6) is 5.75 Å². The molecule has 98 valence electrons. The van der Waals surface area contributed by atoms with Crippen molar-refractivity contribution < 1.29 is 9.53 Å². The van der Waals surface area contributed by atoms with Gasteiger partial charge in [0.2, 0.25) is 0 Å². The maximum absolute atomic E-state index is 11.9. The van der Waals surface area contributed by atoms with Crippen LogP contribution in [0, 0.1) is 6.92 Å². The smallest absolute Gasteiger partial charge is 0.260 e. The van der Waals surface area contributed by atoms with E-state index in [-0.39, 0.29) is 18.6 Å². The van der Waals surface area contributed by atoms with Crippen LogP contribution >= 0.6 is 11.6 Å². The van der Waals surface area contributed by atoms with Crippen molar-refractivity contribution in [2.45, 2.75) is 19.4 Å². The Kier molecular flexibility index (Phi) is 4.09. The van der Waals surface area contributed by atoms with Crippen molar-refractivity contribution >= 4 is 17.5 Å². The van der Waals surface area contributed by atoms with E-state index in [1.807, 2.05) is 13.0 Å². The Labute approximate surface area is 112 Å². The van der Waals surface area contributed by atoms with Crippen molar-refractivity contribution in [3.8, 4) is 5.75 Å². The Bertz CT molecular complexity index is 451. The number of carbonyl (C=O) groups excluding carboxylic acids is 1. The second kappa shape index (κ2) is 5.59. The highest BCUT2D eigenvalue weighted by molar-refractivity contribution is 6.30. The summed E-state index contributed by atoms with van der Waals surface area (Å²) in [5, 5.41) is 0.664. The van der Waals surface area contributed by atoms with Crippen LogP contribution in [0.4, 0.5) is 0 Å². The van der Waals surface area contributed by atoms with Crippen LogP contribution in [-0.2, 0) is 4.79 Å². The third kappa shape index (κ3) is 3.15. The first-order chi connectivity index (χ1) is 8.56. The minimum absolute atomic E-state index is 0.0164. The summed E-state index contributed by atoms with van der Waals surface area (Å²) in [4.78, 5) is 13.6. The fraction of sp³-hybridized carbons (Fsp3) is 0.462. The summed E-state index contributed by atoms with van der Waals surface area (Å²) in [6.07, 6.45) is 0.867. The van der Waals surface area contributed by atoms with E-state index in [1.54, 1.807) is 17.0 Å². The minimum Gasteiger partial charge on any atom is -0.483 e. The lowest BCUT2D eigenvalue weighted by Gasteiger charge is -2.16. The van der Waals surface area contributed by atoms with Gasteiger partial charge in [-0.05, 0) is 37.1 Å². The largest absolute Gasteiger partial charge is 0.483 e. The number of benzene rings is 1. The van der Waals surface area contributed by atoms with Crippen LogP contribution in [-0.4, -0.2) is 36.5 Å². The van der Waals surface area contributed by atoms with Gasteiger partial charge >= 0.3 is 0 Å². The molecule has 0 aromatic heterocycles. The van der Waals surface area contributed by atoms with Crippen LogP contribution in [0.3, 0.4) is 0 Å². The Morgan fingerprint density at radius 1 is 1.61 bits per heavy atom. The van der Waals surface area contributed by atoms with Gasteiger partial charge in [-0.15, -0.1) is 0 Å². The van der Waals surface area contributed by atoms with E-state index in [9.17, 15) is 4.79 Å². The molecule has 4 nitrogen and oxygen atoms in total. The minimum atomic E-state index is -0.0164. The predicted octanol–water partition coefficient (Wildman–Crippen LogP) is 1.59. The van der Waals surface area contributed by atoms with Gasteiger partial charge in [-0.1, -0.05) is 11.6 Å². The zero-order valence-corrected chi connectivity index (χ0v) is 11.1. The SMILES string of the molecule is Cc1cc(Cl)ccc1OCC(=O)N1CCC(N)C1. The van der Waals surface area contributed by atoms with Gasteiger partial charge in [0, 0.05) is 24.2 Å². The number of nitrogens with two attached hydrogens (primary N) is 1. The molecule has 2 N–H and O–H groups in total. The molecule has 1 fully saturated rings.